The predicted octanol–water partition coefficient (Wildman–Crippen LogP) is 1.67. The molecule has 0 amide bonds. The number of Topliss-reactive ketones (excluding diaryl/α,β-unsaturated/α-hetero) is 1. The maximum absolute atomic E-state index is 12.0. The van der Waals surface area contributed by atoms with Crippen LogP contribution in [0.25, 0.3) is 0 Å². The second-order valence-corrected chi connectivity index (χ2v) is 4.18. The van der Waals surface area contributed by atoms with E-state index in [1.54, 1.807) is 42.5 Å². The highest BCUT2D eigenvalue weighted by Crippen LogP contribution is 2.23. The van der Waals surface area contributed by atoms with Crippen LogP contribution in [0.5, 0.6) is 5.75 Å². The summed E-state index contributed by atoms with van der Waals surface area (Å²) >= 11 is 0. The van der Waals surface area contributed by atoms with Crippen molar-refractivity contribution in [3.8, 4) is 5.75 Å². The van der Waals surface area contributed by atoms with E-state index in [0.29, 0.717) is 5.56 Å². The molecule has 2 rings (SSSR count). The molecule has 0 saturated carbocycles. The van der Waals surface area contributed by atoms with Gasteiger partial charge in [-0.05, 0) is 17.7 Å². The van der Waals surface area contributed by atoms with Gasteiger partial charge in [0.25, 0.3) is 0 Å². The standard InChI is InChI=1S/C15H14O4/c16-12-9-5-4-8-11(12)14(18)15(19)13(17)10-6-2-1-3-7-10/h1-9,13,15-17,19H/t13-,15+/m0/s1. The lowest BCUT2D eigenvalue weighted by Gasteiger charge is -2.17. The number of phenolic OH excluding ortho intramolecular Hbond substituents is 1. The van der Waals surface area contributed by atoms with Crippen LogP contribution in [0.3, 0.4) is 0 Å². The predicted molar refractivity (Wildman–Crippen MR) is 69.8 cm³/mol. The molecule has 4 heteroatoms. The molecule has 0 aromatic heterocycles. The van der Waals surface area contributed by atoms with Crippen LogP contribution >= 0.6 is 0 Å². The molecule has 0 heterocycles. The summed E-state index contributed by atoms with van der Waals surface area (Å²) in [6, 6.07) is 14.3. The summed E-state index contributed by atoms with van der Waals surface area (Å²) in [5.41, 5.74) is 0.434. The number of ketones is 1. The fraction of sp³-hybridized carbons (Fsp3) is 0.133. The third-order valence-corrected chi connectivity index (χ3v) is 2.88. The van der Waals surface area contributed by atoms with E-state index < -0.39 is 18.0 Å². The van der Waals surface area contributed by atoms with Gasteiger partial charge in [0.2, 0.25) is 0 Å². The number of carbonyl (C=O) groups is 1. The average molecular weight is 258 g/mol. The van der Waals surface area contributed by atoms with Crippen molar-refractivity contribution in [2.75, 3.05) is 0 Å². The molecule has 2 aromatic rings. The lowest BCUT2D eigenvalue weighted by atomic mass is 9.97. The molecule has 0 aliphatic rings. The zero-order valence-electron chi connectivity index (χ0n) is 10.1. The number of phenols is 1. The van der Waals surface area contributed by atoms with Crippen molar-refractivity contribution in [1.29, 1.82) is 0 Å². The van der Waals surface area contributed by atoms with E-state index in [9.17, 15) is 20.1 Å². The molecule has 0 saturated heterocycles. The number of para-hydroxylation sites is 1. The normalized spacial score (nSPS) is 13.8. The van der Waals surface area contributed by atoms with Gasteiger partial charge in [0, 0.05) is 0 Å². The van der Waals surface area contributed by atoms with Gasteiger partial charge in [0.05, 0.1) is 5.56 Å². The van der Waals surface area contributed by atoms with E-state index in [-0.39, 0.29) is 11.3 Å². The van der Waals surface area contributed by atoms with Gasteiger partial charge in [-0.15, -0.1) is 0 Å². The Morgan fingerprint density at radius 2 is 1.47 bits per heavy atom. The summed E-state index contributed by atoms with van der Waals surface area (Å²) < 4.78 is 0. The van der Waals surface area contributed by atoms with E-state index in [1.807, 2.05) is 0 Å². The number of rotatable bonds is 4. The summed E-state index contributed by atoms with van der Waals surface area (Å²) in [6.07, 6.45) is -2.94. The van der Waals surface area contributed by atoms with Gasteiger partial charge < -0.3 is 15.3 Å². The van der Waals surface area contributed by atoms with Crippen LogP contribution in [-0.4, -0.2) is 27.2 Å². The summed E-state index contributed by atoms with van der Waals surface area (Å²) in [5.74, 6) is -0.929. The Kier molecular flexibility index (Phi) is 3.94. The van der Waals surface area contributed by atoms with Crippen LogP contribution in [0.4, 0.5) is 0 Å². The number of benzene rings is 2. The molecule has 98 valence electrons. The van der Waals surface area contributed by atoms with Gasteiger partial charge in [-0.25, -0.2) is 0 Å². The van der Waals surface area contributed by atoms with Crippen LogP contribution in [-0.2, 0) is 0 Å². The van der Waals surface area contributed by atoms with E-state index in [4.69, 9.17) is 0 Å². The monoisotopic (exact) mass is 258 g/mol. The van der Waals surface area contributed by atoms with Crippen molar-refractivity contribution in [3.05, 3.63) is 65.7 Å². The minimum Gasteiger partial charge on any atom is -0.507 e. The molecule has 0 aliphatic heterocycles. The number of hydrogen-bond donors (Lipinski definition) is 3. The topological polar surface area (TPSA) is 77.8 Å². The highest BCUT2D eigenvalue weighted by atomic mass is 16.3. The molecule has 3 N–H and O–H groups in total. The molecular weight excluding hydrogens is 244 g/mol. The molecule has 0 fully saturated rings. The van der Waals surface area contributed by atoms with Crippen molar-refractivity contribution < 1.29 is 20.1 Å². The molecule has 0 unspecified atom stereocenters. The van der Waals surface area contributed by atoms with Gasteiger partial charge in [0.1, 0.15) is 18.0 Å². The first-order valence-corrected chi connectivity index (χ1v) is 5.84. The molecule has 0 aliphatic carbocycles. The Morgan fingerprint density at radius 1 is 0.895 bits per heavy atom. The van der Waals surface area contributed by atoms with Crippen molar-refractivity contribution in [3.63, 3.8) is 0 Å². The number of hydrogen-bond acceptors (Lipinski definition) is 4. The third kappa shape index (κ3) is 2.81. The summed E-state index contributed by atoms with van der Waals surface area (Å²) in [4.78, 5) is 12.0. The quantitative estimate of drug-likeness (QED) is 0.729. The van der Waals surface area contributed by atoms with Gasteiger partial charge in [0.15, 0.2) is 5.78 Å². The van der Waals surface area contributed by atoms with Gasteiger partial charge in [-0.1, -0.05) is 42.5 Å². The van der Waals surface area contributed by atoms with Gasteiger partial charge in [-0.3, -0.25) is 4.79 Å². The number of aliphatic hydroxyl groups excluding tert-OH is 2. The van der Waals surface area contributed by atoms with E-state index in [2.05, 4.69) is 0 Å². The maximum Gasteiger partial charge on any atom is 0.198 e. The Labute approximate surface area is 110 Å². The molecular formula is C15H14O4. The molecule has 0 spiro atoms. The first-order chi connectivity index (χ1) is 9.11. The molecule has 0 radical (unpaired) electrons. The van der Waals surface area contributed by atoms with E-state index in [0.717, 1.165) is 0 Å². The van der Waals surface area contributed by atoms with Crippen molar-refractivity contribution >= 4 is 5.78 Å². The Balaban J connectivity index is 2.23. The molecule has 19 heavy (non-hydrogen) atoms. The van der Waals surface area contributed by atoms with Crippen LogP contribution in [0.2, 0.25) is 0 Å². The van der Waals surface area contributed by atoms with Crippen LogP contribution < -0.4 is 0 Å². The summed E-state index contributed by atoms with van der Waals surface area (Å²) in [5, 5.41) is 29.4. The molecule has 2 atom stereocenters. The van der Waals surface area contributed by atoms with Crippen LogP contribution in [0.1, 0.15) is 22.0 Å². The highest BCUT2D eigenvalue weighted by molar-refractivity contribution is 6.01. The van der Waals surface area contributed by atoms with Gasteiger partial charge in [-0.2, -0.15) is 0 Å². The van der Waals surface area contributed by atoms with Crippen molar-refractivity contribution in [2.24, 2.45) is 0 Å². The first-order valence-electron chi connectivity index (χ1n) is 5.84. The highest BCUT2D eigenvalue weighted by Gasteiger charge is 2.27. The Morgan fingerprint density at radius 3 is 2.11 bits per heavy atom. The Hall–Kier alpha value is -2.17. The zero-order valence-corrected chi connectivity index (χ0v) is 10.1. The largest absolute Gasteiger partial charge is 0.507 e. The van der Waals surface area contributed by atoms with Crippen LogP contribution in [0, 0.1) is 0 Å². The number of aromatic hydroxyl groups is 1. The first kappa shape index (κ1) is 13.3. The number of aliphatic hydroxyl groups is 2. The van der Waals surface area contributed by atoms with E-state index in [1.165, 1.54) is 12.1 Å². The summed E-state index contributed by atoms with van der Waals surface area (Å²) in [6.45, 7) is 0. The maximum atomic E-state index is 12.0. The molecule has 4 nitrogen and oxygen atoms in total. The second kappa shape index (κ2) is 5.65. The lowest BCUT2D eigenvalue weighted by molar-refractivity contribution is 0.0202. The van der Waals surface area contributed by atoms with Crippen molar-refractivity contribution in [1.82, 2.24) is 0 Å². The fourth-order valence-corrected chi connectivity index (χ4v) is 1.82. The van der Waals surface area contributed by atoms with Crippen LogP contribution in [0.15, 0.2) is 54.6 Å². The lowest BCUT2D eigenvalue weighted by Crippen LogP contribution is -2.28. The molecule has 2 aromatic carbocycles. The SMILES string of the molecule is O=C(c1ccccc1O)[C@H](O)[C@@H](O)c1ccccc1. The number of carbonyl (C=O) groups excluding carboxylic acids is 1. The average Bonchev–Trinajstić information content (AvgIpc) is 2.46. The minimum atomic E-state index is -1.62. The fourth-order valence-electron chi connectivity index (χ4n) is 1.82. The Bertz CT molecular complexity index is 565. The smallest absolute Gasteiger partial charge is 0.198 e. The third-order valence-electron chi connectivity index (χ3n) is 2.88. The molecule has 0 bridgehead atoms. The zero-order chi connectivity index (χ0) is 13.8. The second-order valence-electron chi connectivity index (χ2n) is 4.18. The summed E-state index contributed by atoms with van der Waals surface area (Å²) in [7, 11) is 0. The van der Waals surface area contributed by atoms with Gasteiger partial charge >= 0.3 is 0 Å². The minimum absolute atomic E-state index is 0.00928. The van der Waals surface area contributed by atoms with E-state index >= 15 is 0 Å². The van der Waals surface area contributed by atoms with Crippen molar-refractivity contribution in [2.45, 2.75) is 12.2 Å².